The van der Waals surface area contributed by atoms with Crippen LogP contribution in [0.15, 0.2) is 42.5 Å². The maximum Gasteiger partial charge on any atom is 0.139 e. The molecule has 0 fully saturated rings. The smallest absolute Gasteiger partial charge is 0.139 e. The molecule has 0 aliphatic carbocycles. The molecule has 2 nitrogen and oxygen atoms in total. The van der Waals surface area contributed by atoms with Gasteiger partial charge in [0.15, 0.2) is 0 Å². The van der Waals surface area contributed by atoms with Crippen molar-refractivity contribution in [2.45, 2.75) is 26.2 Å². The second-order valence-corrected chi connectivity index (χ2v) is 4.72. The first-order valence-electron chi connectivity index (χ1n) is 6.87. The molecule has 0 saturated carbocycles. The van der Waals surface area contributed by atoms with Crippen molar-refractivity contribution in [3.05, 3.63) is 48.0 Å². The number of fused-ring (bicyclic) bond motifs is 1. The average molecular weight is 256 g/mol. The van der Waals surface area contributed by atoms with Crippen molar-refractivity contribution in [1.82, 2.24) is 0 Å². The monoisotopic (exact) mass is 256 g/mol. The van der Waals surface area contributed by atoms with Crippen LogP contribution < -0.4 is 0 Å². The number of hydrogen-bond donors (Lipinski definition) is 0. The first-order chi connectivity index (χ1) is 9.31. The Labute approximate surface area is 114 Å². The van der Waals surface area contributed by atoms with Gasteiger partial charge in [-0.1, -0.05) is 49.4 Å². The van der Waals surface area contributed by atoms with Crippen molar-refractivity contribution in [2.75, 3.05) is 13.2 Å². The Balaban J connectivity index is 1.99. The standard InChI is InChI=1S/C17H20O2/c1-2-11-19-12-10-16(18)13-15-8-5-7-14-6-3-4-9-17(14)15/h3-9H,2,10-13H2,1H3. The summed E-state index contributed by atoms with van der Waals surface area (Å²) in [7, 11) is 0. The topological polar surface area (TPSA) is 26.3 Å². The minimum atomic E-state index is 0.243. The SMILES string of the molecule is CCCOCCC(=O)Cc1cccc2ccccc12. The van der Waals surface area contributed by atoms with E-state index < -0.39 is 0 Å². The lowest BCUT2D eigenvalue weighted by Crippen LogP contribution is -2.08. The van der Waals surface area contributed by atoms with E-state index in [2.05, 4.69) is 25.1 Å². The van der Waals surface area contributed by atoms with E-state index in [1.54, 1.807) is 0 Å². The maximum absolute atomic E-state index is 11.9. The molecule has 0 aliphatic rings. The lowest BCUT2D eigenvalue weighted by Gasteiger charge is -2.06. The largest absolute Gasteiger partial charge is 0.381 e. The molecule has 0 unspecified atom stereocenters. The van der Waals surface area contributed by atoms with Gasteiger partial charge in [0.25, 0.3) is 0 Å². The molecule has 2 heteroatoms. The van der Waals surface area contributed by atoms with Gasteiger partial charge in [-0.05, 0) is 22.8 Å². The fourth-order valence-corrected chi connectivity index (χ4v) is 2.18. The molecular weight excluding hydrogens is 236 g/mol. The molecule has 0 N–H and O–H groups in total. The molecule has 0 aromatic heterocycles. The molecule has 0 saturated heterocycles. The Bertz CT molecular complexity index is 540. The van der Waals surface area contributed by atoms with Crippen LogP contribution in [0.1, 0.15) is 25.3 Å². The second-order valence-electron chi connectivity index (χ2n) is 4.72. The summed E-state index contributed by atoms with van der Waals surface area (Å²) < 4.78 is 5.36. The maximum atomic E-state index is 11.9. The average Bonchev–Trinajstić information content (AvgIpc) is 2.44. The van der Waals surface area contributed by atoms with Crippen molar-refractivity contribution in [3.63, 3.8) is 0 Å². The molecule has 0 bridgehead atoms. The number of hydrogen-bond acceptors (Lipinski definition) is 2. The molecule has 2 aromatic rings. The molecule has 19 heavy (non-hydrogen) atoms. The van der Waals surface area contributed by atoms with E-state index in [-0.39, 0.29) is 5.78 Å². The molecule has 100 valence electrons. The highest BCUT2D eigenvalue weighted by molar-refractivity contribution is 5.90. The summed E-state index contributed by atoms with van der Waals surface area (Å²) in [5, 5.41) is 2.36. The molecule has 0 spiro atoms. The number of carbonyl (C=O) groups is 1. The highest BCUT2D eigenvalue weighted by atomic mass is 16.5. The molecule has 0 amide bonds. The van der Waals surface area contributed by atoms with Gasteiger partial charge in [0.05, 0.1) is 6.61 Å². The van der Waals surface area contributed by atoms with Gasteiger partial charge in [-0.25, -0.2) is 0 Å². The van der Waals surface area contributed by atoms with Crippen LogP contribution >= 0.6 is 0 Å². The zero-order valence-electron chi connectivity index (χ0n) is 11.4. The number of carbonyl (C=O) groups excluding carboxylic acids is 1. The first kappa shape index (κ1) is 13.8. The predicted octanol–water partition coefficient (Wildman–Crippen LogP) is 3.77. The highest BCUT2D eigenvalue weighted by Crippen LogP contribution is 2.19. The molecular formula is C17H20O2. The summed E-state index contributed by atoms with van der Waals surface area (Å²) >= 11 is 0. The van der Waals surface area contributed by atoms with Crippen molar-refractivity contribution >= 4 is 16.6 Å². The summed E-state index contributed by atoms with van der Waals surface area (Å²) in [6.45, 7) is 3.34. The molecule has 0 radical (unpaired) electrons. The lowest BCUT2D eigenvalue weighted by molar-refractivity contribution is -0.119. The summed E-state index contributed by atoms with van der Waals surface area (Å²) in [6.07, 6.45) is 2.00. The minimum Gasteiger partial charge on any atom is -0.381 e. The minimum absolute atomic E-state index is 0.243. The Hall–Kier alpha value is -1.67. The predicted molar refractivity (Wildman–Crippen MR) is 78.4 cm³/mol. The second kappa shape index (κ2) is 7.05. The summed E-state index contributed by atoms with van der Waals surface area (Å²) in [5.41, 5.74) is 1.11. The van der Waals surface area contributed by atoms with Gasteiger partial charge in [-0.3, -0.25) is 4.79 Å². The zero-order valence-corrected chi connectivity index (χ0v) is 11.4. The van der Waals surface area contributed by atoms with Crippen LogP contribution in [0.5, 0.6) is 0 Å². The highest BCUT2D eigenvalue weighted by Gasteiger charge is 2.06. The molecule has 0 aliphatic heterocycles. The third-order valence-electron chi connectivity index (χ3n) is 3.14. The van der Waals surface area contributed by atoms with E-state index in [9.17, 15) is 4.79 Å². The van der Waals surface area contributed by atoms with Crippen molar-refractivity contribution in [2.24, 2.45) is 0 Å². The van der Waals surface area contributed by atoms with Gasteiger partial charge in [-0.2, -0.15) is 0 Å². The zero-order chi connectivity index (χ0) is 13.5. The van der Waals surface area contributed by atoms with E-state index in [1.165, 1.54) is 10.8 Å². The third-order valence-corrected chi connectivity index (χ3v) is 3.14. The normalized spacial score (nSPS) is 10.8. The summed E-state index contributed by atoms with van der Waals surface area (Å²) in [4.78, 5) is 11.9. The number of rotatable bonds is 7. The molecule has 0 atom stereocenters. The van der Waals surface area contributed by atoms with Crippen molar-refractivity contribution < 1.29 is 9.53 Å². The molecule has 2 rings (SSSR count). The van der Waals surface area contributed by atoms with Crippen LogP contribution in [0, 0.1) is 0 Å². The van der Waals surface area contributed by atoms with E-state index in [0.717, 1.165) is 18.6 Å². The van der Waals surface area contributed by atoms with Crippen LogP contribution in [0.3, 0.4) is 0 Å². The van der Waals surface area contributed by atoms with Gasteiger partial charge >= 0.3 is 0 Å². The Morgan fingerprint density at radius 1 is 1.05 bits per heavy atom. The van der Waals surface area contributed by atoms with Gasteiger partial charge in [0.2, 0.25) is 0 Å². The van der Waals surface area contributed by atoms with Crippen LogP contribution in [-0.4, -0.2) is 19.0 Å². The van der Waals surface area contributed by atoms with Crippen molar-refractivity contribution in [3.8, 4) is 0 Å². The Morgan fingerprint density at radius 2 is 1.84 bits per heavy atom. The Kier molecular flexibility index (Phi) is 5.10. The van der Waals surface area contributed by atoms with Crippen molar-refractivity contribution in [1.29, 1.82) is 0 Å². The van der Waals surface area contributed by atoms with E-state index in [0.29, 0.717) is 19.4 Å². The number of ketones is 1. The fraction of sp³-hybridized carbons (Fsp3) is 0.353. The molecule has 0 heterocycles. The van der Waals surface area contributed by atoms with Gasteiger partial charge in [0.1, 0.15) is 5.78 Å². The van der Waals surface area contributed by atoms with Crippen LogP contribution in [0.25, 0.3) is 10.8 Å². The molecule has 2 aromatic carbocycles. The third kappa shape index (κ3) is 3.90. The summed E-state index contributed by atoms with van der Waals surface area (Å²) in [6, 6.07) is 14.3. The number of ether oxygens (including phenoxy) is 1. The quantitative estimate of drug-likeness (QED) is 0.705. The van der Waals surface area contributed by atoms with E-state index >= 15 is 0 Å². The van der Waals surface area contributed by atoms with E-state index in [1.807, 2.05) is 24.3 Å². The number of benzene rings is 2. The van der Waals surface area contributed by atoms with Gasteiger partial charge in [-0.15, -0.1) is 0 Å². The Morgan fingerprint density at radius 3 is 2.68 bits per heavy atom. The lowest BCUT2D eigenvalue weighted by atomic mass is 10.00. The summed E-state index contributed by atoms with van der Waals surface area (Å²) in [5.74, 6) is 0.243. The van der Waals surface area contributed by atoms with Crippen LogP contribution in [0.4, 0.5) is 0 Å². The van der Waals surface area contributed by atoms with Gasteiger partial charge in [0, 0.05) is 19.4 Å². The first-order valence-corrected chi connectivity index (χ1v) is 6.87. The van der Waals surface area contributed by atoms with Crippen LogP contribution in [-0.2, 0) is 16.0 Å². The van der Waals surface area contributed by atoms with Crippen LogP contribution in [0.2, 0.25) is 0 Å². The fourth-order valence-electron chi connectivity index (χ4n) is 2.18. The van der Waals surface area contributed by atoms with Gasteiger partial charge < -0.3 is 4.74 Å². The van der Waals surface area contributed by atoms with E-state index in [4.69, 9.17) is 4.74 Å². The number of Topliss-reactive ketones (excluding diaryl/α,β-unsaturated/α-hetero) is 1.